The summed E-state index contributed by atoms with van der Waals surface area (Å²) in [5, 5.41) is 5.99. The minimum Gasteiger partial charge on any atom is -0.444 e. The minimum atomic E-state index is -0.433. The maximum Gasteiger partial charge on any atom is 0.410 e. The Morgan fingerprint density at radius 2 is 2.00 bits per heavy atom. The fourth-order valence-electron chi connectivity index (χ4n) is 2.95. The van der Waals surface area contributed by atoms with Crippen molar-refractivity contribution in [3.05, 3.63) is 36.5 Å². The standard InChI is InChI=1S/C19H25N3O2/c1-19(2,3)24-18(23)22-12-14(13-22)11-20-17-16-8-6-5-7-15(16)9-10-21(17)4/h5-10,14H,11-13H2,1-4H3/p+1. The van der Waals surface area contributed by atoms with Gasteiger partial charge < -0.3 is 9.64 Å². The summed E-state index contributed by atoms with van der Waals surface area (Å²) in [4.78, 5) is 13.7. The van der Waals surface area contributed by atoms with Crippen LogP contribution in [-0.2, 0) is 11.8 Å². The first-order chi connectivity index (χ1) is 11.3. The monoisotopic (exact) mass is 328 g/mol. The van der Waals surface area contributed by atoms with Gasteiger partial charge >= 0.3 is 6.09 Å². The van der Waals surface area contributed by atoms with Crippen molar-refractivity contribution >= 4 is 22.7 Å². The van der Waals surface area contributed by atoms with Gasteiger partial charge in [-0.15, -0.1) is 0 Å². The maximum atomic E-state index is 12.0. The van der Waals surface area contributed by atoms with Gasteiger partial charge in [0.15, 0.2) is 0 Å². The Balaban J connectivity index is 1.57. The van der Waals surface area contributed by atoms with Gasteiger partial charge in [-0.3, -0.25) is 5.32 Å². The summed E-state index contributed by atoms with van der Waals surface area (Å²) in [6.07, 6.45) is 1.85. The molecular formula is C19H26N3O2+. The number of hydrogen-bond acceptors (Lipinski definition) is 3. The van der Waals surface area contributed by atoms with E-state index in [1.54, 1.807) is 4.90 Å². The van der Waals surface area contributed by atoms with Crippen LogP contribution in [0.5, 0.6) is 0 Å². The fourth-order valence-corrected chi connectivity index (χ4v) is 2.95. The van der Waals surface area contributed by atoms with Crippen molar-refractivity contribution in [2.45, 2.75) is 26.4 Å². The Bertz CT molecular complexity index is 746. The third-order valence-electron chi connectivity index (χ3n) is 4.21. The number of likely N-dealkylation sites (tertiary alicyclic amines) is 1. The molecule has 1 aliphatic heterocycles. The van der Waals surface area contributed by atoms with Gasteiger partial charge in [-0.1, -0.05) is 18.2 Å². The lowest BCUT2D eigenvalue weighted by Gasteiger charge is -2.38. The number of aryl methyl sites for hydroxylation is 1. The summed E-state index contributed by atoms with van der Waals surface area (Å²) < 4.78 is 7.50. The quantitative estimate of drug-likeness (QED) is 0.881. The number of rotatable bonds is 3. The van der Waals surface area contributed by atoms with Gasteiger partial charge in [0.05, 0.1) is 25.2 Å². The van der Waals surface area contributed by atoms with Gasteiger partial charge in [0.1, 0.15) is 5.60 Å². The number of nitrogens with one attached hydrogen (secondary N) is 1. The highest BCUT2D eigenvalue weighted by atomic mass is 16.6. The van der Waals surface area contributed by atoms with Gasteiger partial charge in [-0.25, -0.2) is 9.36 Å². The Labute approximate surface area is 143 Å². The summed E-state index contributed by atoms with van der Waals surface area (Å²) in [6.45, 7) is 8.02. The molecule has 0 aliphatic carbocycles. The smallest absolute Gasteiger partial charge is 0.410 e. The van der Waals surface area contributed by atoms with Crippen molar-refractivity contribution in [2.75, 3.05) is 25.0 Å². The molecule has 0 bridgehead atoms. The second kappa shape index (κ2) is 6.30. The highest BCUT2D eigenvalue weighted by Gasteiger charge is 2.34. The first-order valence-electron chi connectivity index (χ1n) is 8.43. The van der Waals surface area contributed by atoms with Crippen LogP contribution in [0.2, 0.25) is 0 Å². The van der Waals surface area contributed by atoms with Gasteiger partial charge in [0, 0.05) is 19.0 Å². The second-order valence-corrected chi connectivity index (χ2v) is 7.49. The predicted octanol–water partition coefficient (Wildman–Crippen LogP) is 2.94. The van der Waals surface area contributed by atoms with Crippen LogP contribution >= 0.6 is 0 Å². The van der Waals surface area contributed by atoms with E-state index in [4.69, 9.17) is 4.74 Å². The van der Waals surface area contributed by atoms with Gasteiger partial charge in [0.2, 0.25) is 0 Å². The number of amides is 1. The Hall–Kier alpha value is -2.30. The molecule has 3 rings (SSSR count). The van der Waals surface area contributed by atoms with Crippen LogP contribution in [-0.4, -0.2) is 36.2 Å². The first kappa shape index (κ1) is 16.6. The SMILES string of the molecule is C[n+]1ccc2ccccc2c1NCC1CN(C(=O)OC(C)(C)C)C1. The van der Waals surface area contributed by atoms with Gasteiger partial charge in [0.25, 0.3) is 5.82 Å². The summed E-state index contributed by atoms with van der Waals surface area (Å²) in [5.74, 6) is 1.57. The highest BCUT2D eigenvalue weighted by molar-refractivity contribution is 5.90. The number of carbonyl (C=O) groups is 1. The van der Waals surface area contributed by atoms with E-state index in [9.17, 15) is 4.79 Å². The number of nitrogens with zero attached hydrogens (tertiary/aromatic N) is 2. The Morgan fingerprint density at radius 1 is 1.29 bits per heavy atom. The van der Waals surface area contributed by atoms with E-state index in [-0.39, 0.29) is 6.09 Å². The molecule has 0 saturated carbocycles. The normalized spacial score (nSPS) is 15.2. The van der Waals surface area contributed by atoms with Gasteiger partial charge in [-0.2, -0.15) is 0 Å². The van der Waals surface area contributed by atoms with E-state index in [1.807, 2.05) is 27.8 Å². The Kier molecular flexibility index (Phi) is 4.35. The number of benzene rings is 1. The molecule has 5 heteroatoms. The van der Waals surface area contributed by atoms with Crippen LogP contribution in [0.15, 0.2) is 36.5 Å². The molecule has 0 atom stereocenters. The highest BCUT2D eigenvalue weighted by Crippen LogP contribution is 2.22. The zero-order valence-corrected chi connectivity index (χ0v) is 14.9. The van der Waals surface area contributed by atoms with Crippen molar-refractivity contribution in [3.8, 4) is 0 Å². The van der Waals surface area contributed by atoms with Crippen LogP contribution in [0.4, 0.5) is 10.6 Å². The van der Waals surface area contributed by atoms with E-state index in [1.165, 1.54) is 10.8 Å². The number of pyridine rings is 1. The lowest BCUT2D eigenvalue weighted by molar-refractivity contribution is -0.656. The first-order valence-corrected chi connectivity index (χ1v) is 8.43. The molecule has 2 aromatic rings. The van der Waals surface area contributed by atoms with E-state index in [0.29, 0.717) is 5.92 Å². The largest absolute Gasteiger partial charge is 0.444 e. The van der Waals surface area contributed by atoms with Gasteiger partial charge in [-0.05, 0) is 38.3 Å². The third kappa shape index (κ3) is 3.61. The molecule has 1 saturated heterocycles. The fraction of sp³-hybridized carbons (Fsp3) is 0.474. The summed E-state index contributed by atoms with van der Waals surface area (Å²) >= 11 is 0. The molecule has 1 N–H and O–H groups in total. The number of aromatic nitrogens is 1. The number of anilines is 1. The molecular weight excluding hydrogens is 302 g/mol. The molecule has 1 amide bonds. The zero-order chi connectivity index (χ0) is 17.3. The second-order valence-electron chi connectivity index (χ2n) is 7.49. The summed E-state index contributed by atoms with van der Waals surface area (Å²) in [6, 6.07) is 10.5. The summed E-state index contributed by atoms with van der Waals surface area (Å²) in [5.41, 5.74) is -0.433. The number of ether oxygens (including phenoxy) is 1. The Morgan fingerprint density at radius 3 is 2.71 bits per heavy atom. The van der Waals surface area contributed by atoms with E-state index < -0.39 is 5.60 Å². The molecule has 24 heavy (non-hydrogen) atoms. The van der Waals surface area contributed by atoms with Crippen molar-refractivity contribution in [3.63, 3.8) is 0 Å². The molecule has 128 valence electrons. The van der Waals surface area contributed by atoms with Crippen molar-refractivity contribution in [1.82, 2.24) is 4.90 Å². The molecule has 1 aliphatic rings. The van der Waals surface area contributed by atoms with E-state index >= 15 is 0 Å². The number of fused-ring (bicyclic) bond motifs is 1. The zero-order valence-electron chi connectivity index (χ0n) is 14.9. The van der Waals surface area contributed by atoms with Crippen LogP contribution in [0.1, 0.15) is 20.8 Å². The topological polar surface area (TPSA) is 45.5 Å². The molecule has 1 aromatic heterocycles. The molecule has 0 unspecified atom stereocenters. The molecule has 1 aromatic carbocycles. The van der Waals surface area contributed by atoms with Crippen LogP contribution in [0.25, 0.3) is 10.8 Å². The molecule has 1 fully saturated rings. The number of hydrogen-bond donors (Lipinski definition) is 1. The van der Waals surface area contributed by atoms with Crippen LogP contribution in [0.3, 0.4) is 0 Å². The third-order valence-corrected chi connectivity index (χ3v) is 4.21. The molecule has 0 radical (unpaired) electrons. The van der Waals surface area contributed by atoms with Crippen molar-refractivity contribution < 1.29 is 14.1 Å². The van der Waals surface area contributed by atoms with Crippen LogP contribution < -0.4 is 9.88 Å². The van der Waals surface area contributed by atoms with Crippen molar-refractivity contribution in [2.24, 2.45) is 13.0 Å². The average molecular weight is 328 g/mol. The predicted molar refractivity (Wildman–Crippen MR) is 94.9 cm³/mol. The lowest BCUT2D eigenvalue weighted by atomic mass is 10.0. The van der Waals surface area contributed by atoms with E-state index in [2.05, 4.69) is 46.4 Å². The lowest BCUT2D eigenvalue weighted by Crippen LogP contribution is -2.54. The average Bonchev–Trinajstić information content (AvgIpc) is 2.45. The molecule has 5 nitrogen and oxygen atoms in total. The van der Waals surface area contributed by atoms with E-state index in [0.717, 1.165) is 25.5 Å². The molecule has 2 heterocycles. The molecule has 0 spiro atoms. The van der Waals surface area contributed by atoms with Crippen molar-refractivity contribution in [1.29, 1.82) is 0 Å². The minimum absolute atomic E-state index is 0.213. The number of carbonyl (C=O) groups excluding carboxylic acids is 1. The summed E-state index contributed by atoms with van der Waals surface area (Å²) in [7, 11) is 2.04. The van der Waals surface area contributed by atoms with Crippen LogP contribution in [0, 0.1) is 5.92 Å². The maximum absolute atomic E-state index is 12.0.